The monoisotopic (exact) mass is 108 g/mol. The average Bonchev–Trinajstić information content (AvgIpc) is 2.14. The van der Waals surface area contributed by atoms with E-state index in [1.807, 2.05) is 0 Å². The van der Waals surface area contributed by atoms with Crippen LogP contribution < -0.4 is 5.32 Å². The second-order valence-electron chi connectivity index (χ2n) is 2.02. The molecule has 0 aromatic carbocycles. The van der Waals surface area contributed by atoms with Crippen molar-refractivity contribution >= 4 is 0 Å². The highest BCUT2D eigenvalue weighted by Gasteiger charge is 2.14. The second kappa shape index (κ2) is 1.97. The summed E-state index contributed by atoms with van der Waals surface area (Å²) < 4.78 is 0. The van der Waals surface area contributed by atoms with Crippen molar-refractivity contribution in [1.82, 2.24) is 5.32 Å². The van der Waals surface area contributed by atoms with Gasteiger partial charge in [0, 0.05) is 6.54 Å². The normalized spacial score (nSPS) is 27.9. The van der Waals surface area contributed by atoms with E-state index < -0.39 is 0 Å². The summed E-state index contributed by atoms with van der Waals surface area (Å²) in [6, 6.07) is 2.15. The molecule has 0 bridgehead atoms. The van der Waals surface area contributed by atoms with Crippen LogP contribution in [0.25, 0.3) is 0 Å². The number of nitriles is 1. The van der Waals surface area contributed by atoms with Gasteiger partial charge in [-0.3, -0.25) is 5.32 Å². The summed E-state index contributed by atoms with van der Waals surface area (Å²) in [5, 5.41) is 11.3. The Morgan fingerprint density at radius 1 is 1.88 bits per heavy atom. The second-order valence-corrected chi connectivity index (χ2v) is 2.02. The summed E-state index contributed by atoms with van der Waals surface area (Å²) in [6.45, 7) is 4.56. The highest BCUT2D eigenvalue weighted by molar-refractivity contribution is 5.12. The molecule has 0 saturated carbocycles. The zero-order valence-corrected chi connectivity index (χ0v) is 4.65. The van der Waals surface area contributed by atoms with Gasteiger partial charge in [0.25, 0.3) is 0 Å². The maximum absolute atomic E-state index is 8.33. The fourth-order valence-electron chi connectivity index (χ4n) is 0.792. The van der Waals surface area contributed by atoms with E-state index in [1.54, 1.807) is 0 Å². The molecule has 0 radical (unpaired) electrons. The molecule has 1 heterocycles. The van der Waals surface area contributed by atoms with Gasteiger partial charge in [0.05, 0.1) is 12.1 Å². The first-order valence-corrected chi connectivity index (χ1v) is 2.62. The van der Waals surface area contributed by atoms with E-state index in [1.165, 1.54) is 0 Å². The van der Waals surface area contributed by atoms with Crippen LogP contribution in [-0.4, -0.2) is 12.6 Å². The number of nitrogens with one attached hydrogen (secondary N) is 1. The van der Waals surface area contributed by atoms with E-state index in [2.05, 4.69) is 18.0 Å². The molecular weight excluding hydrogens is 100 g/mol. The van der Waals surface area contributed by atoms with E-state index >= 15 is 0 Å². The van der Waals surface area contributed by atoms with Crippen molar-refractivity contribution in [3.8, 4) is 6.07 Å². The molecule has 1 saturated heterocycles. The van der Waals surface area contributed by atoms with Crippen molar-refractivity contribution in [2.24, 2.45) is 0 Å². The number of hydrogen-bond donors (Lipinski definition) is 1. The number of rotatable bonds is 0. The fraction of sp³-hybridized carbons (Fsp3) is 0.500. The molecule has 0 spiro atoms. The molecule has 1 aliphatic rings. The Labute approximate surface area is 48.8 Å². The quantitative estimate of drug-likeness (QED) is 0.457. The third-order valence-corrected chi connectivity index (χ3v) is 1.25. The summed E-state index contributed by atoms with van der Waals surface area (Å²) in [5.41, 5.74) is 1.14. The van der Waals surface area contributed by atoms with Gasteiger partial charge in [0.15, 0.2) is 0 Å². The summed E-state index contributed by atoms with van der Waals surface area (Å²) in [7, 11) is 0. The molecule has 2 nitrogen and oxygen atoms in total. The topological polar surface area (TPSA) is 35.8 Å². The third-order valence-electron chi connectivity index (χ3n) is 1.25. The van der Waals surface area contributed by atoms with Gasteiger partial charge < -0.3 is 0 Å². The molecule has 0 unspecified atom stereocenters. The smallest absolute Gasteiger partial charge is 0.0993 e. The Morgan fingerprint density at radius 3 is 2.88 bits per heavy atom. The Balaban J connectivity index is 2.47. The fourth-order valence-corrected chi connectivity index (χ4v) is 0.792. The van der Waals surface area contributed by atoms with Crippen molar-refractivity contribution in [2.75, 3.05) is 6.54 Å². The van der Waals surface area contributed by atoms with Gasteiger partial charge in [0.1, 0.15) is 0 Å². The molecule has 1 N–H and O–H groups in total. The van der Waals surface area contributed by atoms with Gasteiger partial charge in [-0.15, -0.1) is 0 Å². The minimum absolute atomic E-state index is 0.0301. The molecule has 0 amide bonds. The molecule has 42 valence electrons. The number of nitrogens with zero attached hydrogens (tertiary/aromatic N) is 1. The average molecular weight is 108 g/mol. The molecular formula is C6H8N2. The molecule has 1 aliphatic heterocycles. The Kier molecular flexibility index (Phi) is 1.32. The lowest BCUT2D eigenvalue weighted by Crippen LogP contribution is -2.18. The molecule has 0 aromatic rings. The van der Waals surface area contributed by atoms with Crippen molar-refractivity contribution < 1.29 is 0 Å². The van der Waals surface area contributed by atoms with Gasteiger partial charge in [-0.25, -0.2) is 0 Å². The first-order valence-electron chi connectivity index (χ1n) is 2.62. The third kappa shape index (κ3) is 0.877. The van der Waals surface area contributed by atoms with Crippen LogP contribution >= 0.6 is 0 Å². The largest absolute Gasteiger partial charge is 0.298 e. The summed E-state index contributed by atoms with van der Waals surface area (Å²) in [4.78, 5) is 0. The Morgan fingerprint density at radius 2 is 2.62 bits per heavy atom. The lowest BCUT2D eigenvalue weighted by molar-refractivity contribution is 0.740. The van der Waals surface area contributed by atoms with Crippen molar-refractivity contribution in [3.63, 3.8) is 0 Å². The molecule has 2 heteroatoms. The molecule has 1 fully saturated rings. The van der Waals surface area contributed by atoms with Crippen LogP contribution in [-0.2, 0) is 0 Å². The van der Waals surface area contributed by atoms with Crippen LogP contribution in [0.3, 0.4) is 0 Å². The van der Waals surface area contributed by atoms with Crippen LogP contribution in [0.5, 0.6) is 0 Å². The van der Waals surface area contributed by atoms with Crippen molar-refractivity contribution in [3.05, 3.63) is 12.2 Å². The van der Waals surface area contributed by atoms with Crippen molar-refractivity contribution in [1.29, 1.82) is 5.26 Å². The lowest BCUT2D eigenvalue weighted by atomic mass is 10.2. The van der Waals surface area contributed by atoms with E-state index in [0.29, 0.717) is 0 Å². The minimum Gasteiger partial charge on any atom is -0.298 e. The molecule has 8 heavy (non-hydrogen) atoms. The zero-order chi connectivity index (χ0) is 5.98. The predicted octanol–water partition coefficient (Wildman–Crippen LogP) is 0.428. The van der Waals surface area contributed by atoms with E-state index in [-0.39, 0.29) is 6.04 Å². The first kappa shape index (κ1) is 5.33. The van der Waals surface area contributed by atoms with E-state index in [4.69, 9.17) is 5.26 Å². The summed E-state index contributed by atoms with van der Waals surface area (Å²) >= 11 is 0. The molecule has 0 aromatic heterocycles. The molecule has 1 rings (SSSR count). The maximum atomic E-state index is 8.33. The predicted molar refractivity (Wildman–Crippen MR) is 31.2 cm³/mol. The minimum atomic E-state index is 0.0301. The van der Waals surface area contributed by atoms with Crippen molar-refractivity contribution in [2.45, 2.75) is 12.5 Å². The van der Waals surface area contributed by atoms with Crippen LogP contribution in [0.15, 0.2) is 12.2 Å². The lowest BCUT2D eigenvalue weighted by Gasteiger charge is -1.91. The van der Waals surface area contributed by atoms with Crippen LogP contribution in [0.1, 0.15) is 6.42 Å². The standard InChI is InChI=1S/C6H8N2/c1-5-2-6(3-7)8-4-5/h6,8H,1-2,4H2/t6-/m0/s1. The number of hydrogen-bond acceptors (Lipinski definition) is 2. The van der Waals surface area contributed by atoms with Gasteiger partial charge >= 0.3 is 0 Å². The summed E-state index contributed by atoms with van der Waals surface area (Å²) in [5.74, 6) is 0. The highest BCUT2D eigenvalue weighted by atomic mass is 14.9. The summed E-state index contributed by atoms with van der Waals surface area (Å²) in [6.07, 6.45) is 0.830. The van der Waals surface area contributed by atoms with E-state index in [9.17, 15) is 0 Å². The maximum Gasteiger partial charge on any atom is 0.0993 e. The van der Waals surface area contributed by atoms with Gasteiger partial charge in [-0.2, -0.15) is 5.26 Å². The van der Waals surface area contributed by atoms with E-state index in [0.717, 1.165) is 18.5 Å². The Hall–Kier alpha value is -0.810. The van der Waals surface area contributed by atoms with Crippen LogP contribution in [0.2, 0.25) is 0 Å². The zero-order valence-electron chi connectivity index (χ0n) is 4.65. The van der Waals surface area contributed by atoms with Gasteiger partial charge in [-0.1, -0.05) is 12.2 Å². The van der Waals surface area contributed by atoms with Crippen LogP contribution in [0, 0.1) is 11.3 Å². The SMILES string of the molecule is C=C1CN[C@H](C#N)C1. The van der Waals surface area contributed by atoms with Gasteiger partial charge in [-0.05, 0) is 6.42 Å². The van der Waals surface area contributed by atoms with Gasteiger partial charge in [0.2, 0.25) is 0 Å². The molecule has 1 atom stereocenters. The Bertz CT molecular complexity index is 143. The van der Waals surface area contributed by atoms with Crippen LogP contribution in [0.4, 0.5) is 0 Å². The first-order chi connectivity index (χ1) is 3.83. The molecule has 0 aliphatic carbocycles. The highest BCUT2D eigenvalue weighted by Crippen LogP contribution is 2.08.